The predicted octanol–water partition coefficient (Wildman–Crippen LogP) is 1.64. The first-order valence-corrected chi connectivity index (χ1v) is 7.42. The molecule has 0 bridgehead atoms. The summed E-state index contributed by atoms with van der Waals surface area (Å²) in [5, 5.41) is 11.7. The van der Waals surface area contributed by atoms with Gasteiger partial charge in [-0.15, -0.1) is 0 Å². The smallest absolute Gasteiger partial charge is 0.264 e. The molecule has 1 aliphatic rings. The molecule has 0 saturated carbocycles. The van der Waals surface area contributed by atoms with E-state index in [0.717, 1.165) is 0 Å². The number of nitrogens with one attached hydrogen (secondary N) is 1. The van der Waals surface area contributed by atoms with Gasteiger partial charge in [0.25, 0.3) is 5.91 Å². The van der Waals surface area contributed by atoms with Gasteiger partial charge in [0, 0.05) is 12.7 Å². The Morgan fingerprint density at radius 3 is 2.55 bits per heavy atom. The number of hydrogen-bond acceptors (Lipinski definition) is 5. The maximum Gasteiger partial charge on any atom is 0.264 e. The summed E-state index contributed by atoms with van der Waals surface area (Å²) in [6.45, 7) is 1.75. The van der Waals surface area contributed by atoms with Crippen molar-refractivity contribution in [3.8, 4) is 11.8 Å². The van der Waals surface area contributed by atoms with Crippen molar-refractivity contribution in [1.82, 2.24) is 5.32 Å². The SMILES string of the molecule is CNC(=O)/C(C#N)=C1\SC(C)C(=O)N1c1ccc(OC)cc1. The van der Waals surface area contributed by atoms with Crippen LogP contribution in [0, 0.1) is 11.3 Å². The fraction of sp³-hybridized carbons (Fsp3) is 0.267. The average molecular weight is 317 g/mol. The second-order valence-corrected chi connectivity index (χ2v) is 5.83. The summed E-state index contributed by atoms with van der Waals surface area (Å²) >= 11 is 1.20. The van der Waals surface area contributed by atoms with E-state index < -0.39 is 5.91 Å². The van der Waals surface area contributed by atoms with E-state index in [1.807, 2.05) is 6.07 Å². The van der Waals surface area contributed by atoms with E-state index >= 15 is 0 Å². The van der Waals surface area contributed by atoms with Crippen molar-refractivity contribution in [1.29, 1.82) is 5.26 Å². The predicted molar refractivity (Wildman–Crippen MR) is 84.2 cm³/mol. The van der Waals surface area contributed by atoms with Crippen LogP contribution in [0.3, 0.4) is 0 Å². The van der Waals surface area contributed by atoms with Crippen molar-refractivity contribution < 1.29 is 14.3 Å². The van der Waals surface area contributed by atoms with Crippen molar-refractivity contribution in [2.45, 2.75) is 12.2 Å². The number of hydrogen-bond donors (Lipinski definition) is 1. The number of nitriles is 1. The van der Waals surface area contributed by atoms with Crippen LogP contribution in [-0.4, -0.2) is 31.2 Å². The molecule has 0 spiro atoms. The van der Waals surface area contributed by atoms with Gasteiger partial charge in [-0.1, -0.05) is 11.8 Å². The highest BCUT2D eigenvalue weighted by Crippen LogP contribution is 2.40. The highest BCUT2D eigenvalue weighted by atomic mass is 32.2. The molecule has 2 rings (SSSR count). The first kappa shape index (κ1) is 15.9. The number of thioether (sulfide) groups is 1. The first-order chi connectivity index (χ1) is 10.5. The van der Waals surface area contributed by atoms with Crippen LogP contribution >= 0.6 is 11.8 Å². The molecule has 114 valence electrons. The fourth-order valence-corrected chi connectivity index (χ4v) is 3.12. The maximum atomic E-state index is 12.4. The summed E-state index contributed by atoms with van der Waals surface area (Å²) in [4.78, 5) is 25.7. The Kier molecular flexibility index (Phi) is 4.73. The van der Waals surface area contributed by atoms with Crippen molar-refractivity contribution >= 4 is 29.3 Å². The molecule has 1 atom stereocenters. The standard InChI is InChI=1S/C15H15N3O3S/c1-9-14(20)18(10-4-6-11(21-3)7-5-10)15(22-9)12(8-16)13(19)17-2/h4-7,9H,1-3H3,(H,17,19)/b15-12-. The molecule has 7 heteroatoms. The number of rotatable bonds is 3. The van der Waals surface area contributed by atoms with Gasteiger partial charge in [-0.25, -0.2) is 0 Å². The lowest BCUT2D eigenvalue weighted by Crippen LogP contribution is -2.29. The number of methoxy groups -OCH3 is 1. The number of carbonyl (C=O) groups is 2. The zero-order valence-corrected chi connectivity index (χ0v) is 13.2. The molecular weight excluding hydrogens is 302 g/mol. The van der Waals surface area contributed by atoms with Crippen LogP contribution in [0.25, 0.3) is 0 Å². The molecule has 1 aromatic carbocycles. The van der Waals surface area contributed by atoms with E-state index in [0.29, 0.717) is 16.5 Å². The lowest BCUT2D eigenvalue weighted by atomic mass is 10.2. The van der Waals surface area contributed by atoms with E-state index in [9.17, 15) is 14.9 Å². The molecule has 1 fully saturated rings. The van der Waals surface area contributed by atoms with Crippen LogP contribution in [0.15, 0.2) is 34.9 Å². The topological polar surface area (TPSA) is 82.4 Å². The molecule has 0 aromatic heterocycles. The number of nitrogens with zero attached hydrogens (tertiary/aromatic N) is 2. The molecule has 22 heavy (non-hydrogen) atoms. The third kappa shape index (κ3) is 2.78. The minimum Gasteiger partial charge on any atom is -0.497 e. The number of benzene rings is 1. The van der Waals surface area contributed by atoms with E-state index in [1.165, 1.54) is 23.7 Å². The number of amides is 2. The van der Waals surface area contributed by atoms with E-state index in [4.69, 9.17) is 4.74 Å². The van der Waals surface area contributed by atoms with Crippen LogP contribution in [0.1, 0.15) is 6.92 Å². The normalized spacial score (nSPS) is 19.6. The second-order valence-electron chi connectivity index (χ2n) is 4.50. The minimum absolute atomic E-state index is 0.0685. The molecule has 0 radical (unpaired) electrons. The van der Waals surface area contributed by atoms with Gasteiger partial charge in [0.15, 0.2) is 0 Å². The quantitative estimate of drug-likeness (QED) is 0.677. The van der Waals surface area contributed by atoms with Crippen molar-refractivity contribution in [3.63, 3.8) is 0 Å². The van der Waals surface area contributed by atoms with E-state index in [2.05, 4.69) is 5.32 Å². The van der Waals surface area contributed by atoms with Gasteiger partial charge < -0.3 is 10.1 Å². The molecule has 1 heterocycles. The summed E-state index contributed by atoms with van der Waals surface area (Å²) in [5.74, 6) is -0.0133. The first-order valence-electron chi connectivity index (χ1n) is 6.54. The number of carbonyl (C=O) groups excluding carboxylic acids is 2. The summed E-state index contributed by atoms with van der Waals surface area (Å²) in [5.41, 5.74) is 0.523. The number of likely N-dealkylation sites (N-methyl/N-ethyl adjacent to an activating group) is 1. The van der Waals surface area contributed by atoms with Crippen molar-refractivity contribution in [3.05, 3.63) is 34.9 Å². The summed E-state index contributed by atoms with van der Waals surface area (Å²) in [6, 6.07) is 8.76. The fourth-order valence-electron chi connectivity index (χ4n) is 2.02. The summed E-state index contributed by atoms with van der Waals surface area (Å²) in [6.07, 6.45) is 0. The largest absolute Gasteiger partial charge is 0.497 e. The Labute approximate surface area is 132 Å². The van der Waals surface area contributed by atoms with Crippen LogP contribution in [0.5, 0.6) is 5.75 Å². The molecule has 1 aliphatic heterocycles. The summed E-state index contributed by atoms with van der Waals surface area (Å²) in [7, 11) is 3.00. The number of ether oxygens (including phenoxy) is 1. The van der Waals surface area contributed by atoms with Gasteiger partial charge in [0.1, 0.15) is 22.4 Å². The lowest BCUT2D eigenvalue weighted by Gasteiger charge is -2.18. The van der Waals surface area contributed by atoms with Crippen LogP contribution < -0.4 is 15.0 Å². The zero-order valence-electron chi connectivity index (χ0n) is 12.4. The van der Waals surface area contributed by atoms with Gasteiger partial charge in [-0.3, -0.25) is 14.5 Å². The third-order valence-corrected chi connectivity index (χ3v) is 4.34. The summed E-state index contributed by atoms with van der Waals surface area (Å²) < 4.78 is 5.09. The average Bonchev–Trinajstić information content (AvgIpc) is 2.83. The highest BCUT2D eigenvalue weighted by Gasteiger charge is 2.38. The second kappa shape index (κ2) is 6.54. The Morgan fingerprint density at radius 1 is 1.41 bits per heavy atom. The van der Waals surface area contributed by atoms with Crippen molar-refractivity contribution in [2.75, 3.05) is 19.1 Å². The van der Waals surface area contributed by atoms with Crippen LogP contribution in [0.2, 0.25) is 0 Å². The molecule has 2 amide bonds. The minimum atomic E-state index is -0.509. The monoisotopic (exact) mass is 317 g/mol. The Hall–Kier alpha value is -2.46. The van der Waals surface area contributed by atoms with Gasteiger partial charge in [0.05, 0.1) is 12.4 Å². The Balaban J connectivity index is 2.53. The number of anilines is 1. The molecular formula is C15H15N3O3S. The lowest BCUT2D eigenvalue weighted by molar-refractivity contribution is -0.117. The molecule has 6 nitrogen and oxygen atoms in total. The van der Waals surface area contributed by atoms with E-state index in [1.54, 1.807) is 38.3 Å². The maximum absolute atomic E-state index is 12.4. The van der Waals surface area contributed by atoms with Gasteiger partial charge in [-0.05, 0) is 31.2 Å². The van der Waals surface area contributed by atoms with Gasteiger partial charge in [0.2, 0.25) is 5.91 Å². The molecule has 1 unspecified atom stereocenters. The highest BCUT2D eigenvalue weighted by molar-refractivity contribution is 8.05. The zero-order chi connectivity index (χ0) is 16.3. The Morgan fingerprint density at radius 2 is 2.05 bits per heavy atom. The molecule has 1 N–H and O–H groups in total. The van der Waals surface area contributed by atoms with E-state index in [-0.39, 0.29) is 16.7 Å². The molecule has 1 saturated heterocycles. The van der Waals surface area contributed by atoms with Crippen molar-refractivity contribution in [2.24, 2.45) is 0 Å². The Bertz CT molecular complexity index is 676. The van der Waals surface area contributed by atoms with Crippen LogP contribution in [0.4, 0.5) is 5.69 Å². The third-order valence-electron chi connectivity index (χ3n) is 3.17. The van der Waals surface area contributed by atoms with Crippen LogP contribution in [-0.2, 0) is 9.59 Å². The van der Waals surface area contributed by atoms with Gasteiger partial charge in [-0.2, -0.15) is 5.26 Å². The molecule has 0 aliphatic carbocycles. The molecule has 1 aromatic rings. The van der Waals surface area contributed by atoms with Gasteiger partial charge >= 0.3 is 0 Å².